The Labute approximate surface area is 89.5 Å². The van der Waals surface area contributed by atoms with Crippen LogP contribution in [0.15, 0.2) is 0 Å². The van der Waals surface area contributed by atoms with Gasteiger partial charge in [0.2, 0.25) is 0 Å². The van der Waals surface area contributed by atoms with E-state index in [0.717, 1.165) is 11.8 Å². The van der Waals surface area contributed by atoms with E-state index in [1.54, 1.807) is 0 Å². The third-order valence-corrected chi connectivity index (χ3v) is 5.12. The molecule has 1 aliphatic rings. The molecule has 2 heteroatoms. The molecular weight excluding hydrogens is 175 g/mol. The zero-order chi connectivity index (χ0) is 10.3. The van der Waals surface area contributed by atoms with E-state index < -0.39 is 0 Å². The summed E-state index contributed by atoms with van der Waals surface area (Å²) in [5.74, 6) is 1.50. The summed E-state index contributed by atoms with van der Waals surface area (Å²) in [5, 5.41) is 0. The minimum Gasteiger partial charge on any atom is -0.181 e. The van der Waals surface area contributed by atoms with Gasteiger partial charge in [-0.15, -0.1) is 0 Å². The van der Waals surface area contributed by atoms with Crippen molar-refractivity contribution in [3.05, 3.63) is 0 Å². The number of hydrogen-bond donors (Lipinski definition) is 1. The maximum Gasteiger partial charge on any atom is 0.128 e. The Morgan fingerprint density at radius 2 is 2.00 bits per heavy atom. The van der Waals surface area contributed by atoms with Gasteiger partial charge in [0.1, 0.15) is 7.28 Å². The fraction of sp³-hybridized carbons (Fsp3) is 1.00. The second kappa shape index (κ2) is 3.53. The largest absolute Gasteiger partial charge is 0.181 e. The van der Waals surface area contributed by atoms with Gasteiger partial charge < -0.3 is 0 Å². The maximum atomic E-state index is 4.80. The predicted octanol–water partition coefficient (Wildman–Crippen LogP) is 3.46. The molecule has 0 spiro atoms. The van der Waals surface area contributed by atoms with Crippen LogP contribution in [0.5, 0.6) is 0 Å². The lowest BCUT2D eigenvalue weighted by Crippen LogP contribution is -2.54. The Hall–Kier alpha value is 0.415. The van der Waals surface area contributed by atoms with Crippen LogP contribution in [0.4, 0.5) is 0 Å². The highest BCUT2D eigenvalue weighted by atomic mass is 32.1. The van der Waals surface area contributed by atoms with E-state index in [9.17, 15) is 0 Å². The summed E-state index contributed by atoms with van der Waals surface area (Å²) in [6, 6.07) is 0. The summed E-state index contributed by atoms with van der Waals surface area (Å²) in [7, 11) is 2.29. The molecule has 1 aliphatic carbocycles. The molecule has 0 aromatic heterocycles. The molecule has 1 saturated carbocycles. The van der Waals surface area contributed by atoms with E-state index in [4.69, 9.17) is 12.6 Å². The molecule has 1 radical (unpaired) electrons. The van der Waals surface area contributed by atoms with Gasteiger partial charge in [0.05, 0.1) is 0 Å². The van der Waals surface area contributed by atoms with Crippen molar-refractivity contribution in [2.24, 2.45) is 17.3 Å². The highest BCUT2D eigenvalue weighted by Gasteiger charge is 2.50. The van der Waals surface area contributed by atoms with Crippen molar-refractivity contribution in [3.8, 4) is 0 Å². The topological polar surface area (TPSA) is 0 Å². The van der Waals surface area contributed by atoms with E-state index >= 15 is 0 Å². The van der Waals surface area contributed by atoms with Gasteiger partial charge in [-0.2, -0.15) is 12.6 Å². The zero-order valence-electron chi connectivity index (χ0n) is 9.59. The smallest absolute Gasteiger partial charge is 0.128 e. The second-order valence-corrected chi connectivity index (χ2v) is 6.18. The summed E-state index contributed by atoms with van der Waals surface area (Å²) < 4.78 is 0.216. The van der Waals surface area contributed by atoms with Crippen molar-refractivity contribution in [1.82, 2.24) is 0 Å². The van der Waals surface area contributed by atoms with Gasteiger partial charge >= 0.3 is 0 Å². The molecule has 2 atom stereocenters. The Morgan fingerprint density at radius 1 is 1.46 bits per heavy atom. The molecule has 0 aromatic rings. The Morgan fingerprint density at radius 3 is 2.23 bits per heavy atom. The summed E-state index contributed by atoms with van der Waals surface area (Å²) in [4.78, 5) is 0. The monoisotopic (exact) mass is 197 g/mol. The van der Waals surface area contributed by atoms with E-state index in [1.807, 2.05) is 0 Å². The highest BCUT2D eigenvalue weighted by Crippen LogP contribution is 2.54. The molecule has 0 aliphatic heterocycles. The van der Waals surface area contributed by atoms with E-state index in [0.29, 0.717) is 5.41 Å². The van der Waals surface area contributed by atoms with E-state index in [1.165, 1.54) is 12.8 Å². The van der Waals surface area contributed by atoms with Crippen LogP contribution in [0, 0.1) is 17.3 Å². The first kappa shape index (κ1) is 11.5. The van der Waals surface area contributed by atoms with Gasteiger partial charge in [-0.05, 0) is 34.7 Å². The number of hydrogen-bond acceptors (Lipinski definition) is 1. The van der Waals surface area contributed by atoms with Gasteiger partial charge in [0.25, 0.3) is 0 Å². The lowest BCUT2D eigenvalue weighted by atomic mass is 9.44. The first-order chi connectivity index (χ1) is 5.84. The summed E-state index contributed by atoms with van der Waals surface area (Å²) in [6.45, 7) is 11.6. The predicted molar refractivity (Wildman–Crippen MR) is 64.7 cm³/mol. The van der Waals surface area contributed by atoms with Crippen LogP contribution < -0.4 is 0 Å². The molecule has 0 aromatic carbocycles. The maximum absolute atomic E-state index is 4.80. The van der Waals surface area contributed by atoms with Crippen LogP contribution in [0.3, 0.4) is 0 Å². The lowest BCUT2D eigenvalue weighted by molar-refractivity contribution is 0.0631. The molecule has 0 nitrogen and oxygen atoms in total. The lowest BCUT2D eigenvalue weighted by Gasteiger charge is -2.55. The Kier molecular flexibility index (Phi) is 3.12. The quantitative estimate of drug-likeness (QED) is 0.519. The summed E-state index contributed by atoms with van der Waals surface area (Å²) >= 11 is 4.80. The van der Waals surface area contributed by atoms with Crippen LogP contribution in [0.25, 0.3) is 0 Å². The molecule has 13 heavy (non-hydrogen) atoms. The van der Waals surface area contributed by atoms with Crippen LogP contribution in [0.2, 0.25) is 6.82 Å². The normalized spacial score (nSPS) is 34.5. The average molecular weight is 197 g/mol. The summed E-state index contributed by atoms with van der Waals surface area (Å²) in [6.07, 6.45) is 2.60. The average Bonchev–Trinajstić information content (AvgIpc) is 2.00. The van der Waals surface area contributed by atoms with Gasteiger partial charge in [0, 0.05) is 0 Å². The molecule has 0 saturated heterocycles. The van der Waals surface area contributed by atoms with Crippen molar-refractivity contribution in [2.45, 2.75) is 52.0 Å². The number of rotatable bonds is 3. The molecule has 2 unspecified atom stereocenters. The molecule has 0 N–H and O–H groups in total. The minimum absolute atomic E-state index is 0.216. The third kappa shape index (κ3) is 1.79. The van der Waals surface area contributed by atoms with Crippen molar-refractivity contribution in [1.29, 1.82) is 0 Å². The second-order valence-electron chi connectivity index (χ2n) is 5.35. The molecule has 0 amide bonds. The van der Waals surface area contributed by atoms with E-state index in [2.05, 4.69) is 41.8 Å². The minimum atomic E-state index is 0.216. The highest BCUT2D eigenvalue weighted by molar-refractivity contribution is 7.83. The Bertz CT molecular complexity index is 185. The van der Waals surface area contributed by atoms with Crippen molar-refractivity contribution >= 4 is 19.9 Å². The standard InChI is InChI=1S/C11H22BS/c1-8(2)10(3,4)9-6-7-11(9,13)12-5/h8-9,13H,6-7H2,1-5H3. The fourth-order valence-corrected chi connectivity index (χ4v) is 2.94. The van der Waals surface area contributed by atoms with Crippen LogP contribution in [-0.4, -0.2) is 11.9 Å². The molecule has 0 heterocycles. The molecular formula is C11H22BS. The third-order valence-electron chi connectivity index (χ3n) is 4.32. The molecule has 1 fully saturated rings. The Balaban J connectivity index is 2.73. The van der Waals surface area contributed by atoms with Crippen molar-refractivity contribution in [3.63, 3.8) is 0 Å². The van der Waals surface area contributed by atoms with Gasteiger partial charge in [-0.1, -0.05) is 34.5 Å². The van der Waals surface area contributed by atoms with E-state index in [-0.39, 0.29) is 4.65 Å². The molecule has 1 rings (SSSR count). The van der Waals surface area contributed by atoms with Gasteiger partial charge in [-0.3, -0.25) is 0 Å². The van der Waals surface area contributed by atoms with Crippen molar-refractivity contribution < 1.29 is 0 Å². The first-order valence-corrected chi connectivity index (χ1v) is 5.82. The molecule has 75 valence electrons. The van der Waals surface area contributed by atoms with Gasteiger partial charge in [0.15, 0.2) is 0 Å². The number of thiol groups is 1. The zero-order valence-corrected chi connectivity index (χ0v) is 10.5. The van der Waals surface area contributed by atoms with Crippen LogP contribution in [0.1, 0.15) is 40.5 Å². The van der Waals surface area contributed by atoms with Crippen molar-refractivity contribution in [2.75, 3.05) is 0 Å². The molecule has 0 bridgehead atoms. The summed E-state index contributed by atoms with van der Waals surface area (Å²) in [5.41, 5.74) is 0.423. The van der Waals surface area contributed by atoms with Crippen LogP contribution in [-0.2, 0) is 0 Å². The SMILES string of the molecule is C[B]C1(S)CCC1C(C)(C)C(C)C. The first-order valence-electron chi connectivity index (χ1n) is 5.37. The van der Waals surface area contributed by atoms with Crippen LogP contribution >= 0.6 is 12.6 Å². The van der Waals surface area contributed by atoms with Gasteiger partial charge in [-0.25, -0.2) is 0 Å². The fourth-order valence-electron chi connectivity index (χ4n) is 2.35.